The van der Waals surface area contributed by atoms with Crippen LogP contribution < -0.4 is 4.73 Å². The van der Waals surface area contributed by atoms with E-state index in [2.05, 4.69) is 31.2 Å². The van der Waals surface area contributed by atoms with Crippen molar-refractivity contribution in [2.75, 3.05) is 20.1 Å². The van der Waals surface area contributed by atoms with Crippen LogP contribution in [0.1, 0.15) is 53.6 Å². The van der Waals surface area contributed by atoms with Gasteiger partial charge in [0.2, 0.25) is 5.91 Å². The number of nitrogens with zero attached hydrogens (tertiary/aromatic N) is 3. The third-order valence-electron chi connectivity index (χ3n) is 7.41. The standard InChI is InChI=1S/C26H33N3O3/c1-19-6-3-4-7-23(19)18-24(27(2)25(30)21-8-5-9-21)20-10-14-28(15-11-20)26(31)22-12-16-29(32)17-13-22/h3-4,6-7,12-13,16-17,20-21,24H,5,8-11,14-15,18H2,1-2H3. The molecular weight excluding hydrogens is 402 g/mol. The quantitative estimate of drug-likeness (QED) is 0.516. The first-order valence-corrected chi connectivity index (χ1v) is 11.7. The van der Waals surface area contributed by atoms with Crippen LogP contribution in [0.15, 0.2) is 48.8 Å². The Hall–Kier alpha value is -2.89. The van der Waals surface area contributed by atoms with Crippen molar-refractivity contribution < 1.29 is 14.3 Å². The number of carbonyl (C=O) groups is 2. The smallest absolute Gasteiger partial charge is 0.254 e. The summed E-state index contributed by atoms with van der Waals surface area (Å²) in [5.74, 6) is 0.789. The van der Waals surface area contributed by atoms with Gasteiger partial charge in [0.1, 0.15) is 0 Å². The van der Waals surface area contributed by atoms with Crippen LogP contribution in [-0.2, 0) is 11.2 Å². The van der Waals surface area contributed by atoms with E-state index in [1.807, 2.05) is 16.8 Å². The first kappa shape index (κ1) is 22.3. The molecule has 6 nitrogen and oxygen atoms in total. The van der Waals surface area contributed by atoms with Crippen LogP contribution in [0.4, 0.5) is 0 Å². The highest BCUT2D eigenvalue weighted by atomic mass is 16.5. The van der Waals surface area contributed by atoms with Gasteiger partial charge >= 0.3 is 0 Å². The van der Waals surface area contributed by atoms with Gasteiger partial charge in [-0.3, -0.25) is 9.59 Å². The number of aromatic nitrogens is 1. The van der Waals surface area contributed by atoms with E-state index in [9.17, 15) is 14.8 Å². The lowest BCUT2D eigenvalue weighted by atomic mass is 9.81. The fourth-order valence-electron chi connectivity index (χ4n) is 5.02. The van der Waals surface area contributed by atoms with E-state index in [0.717, 1.165) is 38.5 Å². The van der Waals surface area contributed by atoms with E-state index in [4.69, 9.17) is 0 Å². The maximum absolute atomic E-state index is 13.1. The van der Waals surface area contributed by atoms with E-state index < -0.39 is 0 Å². The molecule has 1 aliphatic carbocycles. The fourth-order valence-corrected chi connectivity index (χ4v) is 5.02. The lowest BCUT2D eigenvalue weighted by Crippen LogP contribution is -2.50. The van der Waals surface area contributed by atoms with Gasteiger partial charge in [-0.15, -0.1) is 0 Å². The number of benzene rings is 1. The Morgan fingerprint density at radius 3 is 2.34 bits per heavy atom. The molecule has 1 saturated carbocycles. The molecule has 0 N–H and O–H groups in total. The summed E-state index contributed by atoms with van der Waals surface area (Å²) in [7, 11) is 1.98. The average molecular weight is 436 g/mol. The van der Waals surface area contributed by atoms with E-state index in [-0.39, 0.29) is 23.8 Å². The van der Waals surface area contributed by atoms with Crippen LogP contribution in [-0.4, -0.2) is 47.8 Å². The minimum absolute atomic E-state index is 0.0293. The van der Waals surface area contributed by atoms with Crippen LogP contribution in [0.5, 0.6) is 0 Å². The van der Waals surface area contributed by atoms with Crippen LogP contribution in [0.2, 0.25) is 0 Å². The Bertz CT molecular complexity index is 947. The normalized spacial score (nSPS) is 18.1. The van der Waals surface area contributed by atoms with Crippen molar-refractivity contribution in [1.82, 2.24) is 9.80 Å². The Morgan fingerprint density at radius 1 is 1.09 bits per heavy atom. The first-order chi connectivity index (χ1) is 15.4. The molecule has 2 heterocycles. The van der Waals surface area contributed by atoms with E-state index in [1.165, 1.54) is 23.5 Å². The zero-order valence-corrected chi connectivity index (χ0v) is 19.1. The lowest BCUT2D eigenvalue weighted by Gasteiger charge is -2.42. The van der Waals surface area contributed by atoms with E-state index in [0.29, 0.717) is 29.3 Å². The van der Waals surface area contributed by atoms with Crippen molar-refractivity contribution in [1.29, 1.82) is 0 Å². The summed E-state index contributed by atoms with van der Waals surface area (Å²) in [6.07, 6.45) is 8.49. The molecule has 4 rings (SSSR count). The molecule has 0 radical (unpaired) electrons. The minimum Gasteiger partial charge on any atom is -0.619 e. The third-order valence-corrected chi connectivity index (χ3v) is 7.41. The number of rotatable bonds is 6. The van der Waals surface area contributed by atoms with Crippen LogP contribution in [0.25, 0.3) is 0 Å². The monoisotopic (exact) mass is 435 g/mol. The minimum atomic E-state index is -0.0293. The van der Waals surface area contributed by atoms with E-state index in [1.54, 1.807) is 12.1 Å². The second-order valence-electron chi connectivity index (χ2n) is 9.35. The van der Waals surface area contributed by atoms with Gasteiger partial charge in [0, 0.05) is 44.2 Å². The van der Waals surface area contributed by atoms with Gasteiger partial charge in [-0.05, 0) is 56.1 Å². The van der Waals surface area contributed by atoms with Crippen molar-refractivity contribution in [2.45, 2.75) is 51.5 Å². The summed E-state index contributed by atoms with van der Waals surface area (Å²) in [5, 5.41) is 11.3. The molecule has 6 heteroatoms. The van der Waals surface area contributed by atoms with E-state index >= 15 is 0 Å². The molecule has 1 aromatic heterocycles. The third kappa shape index (κ3) is 4.79. The summed E-state index contributed by atoms with van der Waals surface area (Å²) in [4.78, 5) is 29.8. The molecule has 0 bridgehead atoms. The highest BCUT2D eigenvalue weighted by molar-refractivity contribution is 5.94. The van der Waals surface area contributed by atoms with Gasteiger partial charge in [0.05, 0.1) is 5.56 Å². The van der Waals surface area contributed by atoms with Gasteiger partial charge in [-0.1, -0.05) is 30.7 Å². The molecule has 2 aliphatic rings. The zero-order valence-electron chi connectivity index (χ0n) is 19.1. The number of hydrogen-bond donors (Lipinski definition) is 0. The first-order valence-electron chi connectivity index (χ1n) is 11.7. The maximum Gasteiger partial charge on any atom is 0.254 e. The molecule has 32 heavy (non-hydrogen) atoms. The number of aryl methyl sites for hydroxylation is 1. The number of hydrogen-bond acceptors (Lipinski definition) is 3. The van der Waals surface area contributed by atoms with Crippen molar-refractivity contribution in [2.24, 2.45) is 11.8 Å². The predicted octanol–water partition coefficient (Wildman–Crippen LogP) is 3.35. The van der Waals surface area contributed by atoms with Crippen molar-refractivity contribution in [3.63, 3.8) is 0 Å². The second kappa shape index (κ2) is 9.72. The highest BCUT2D eigenvalue weighted by Crippen LogP contribution is 2.32. The largest absolute Gasteiger partial charge is 0.619 e. The summed E-state index contributed by atoms with van der Waals surface area (Å²) in [5.41, 5.74) is 3.10. The molecule has 1 aromatic carbocycles. The highest BCUT2D eigenvalue weighted by Gasteiger charge is 2.36. The SMILES string of the molecule is Cc1ccccc1CC(C1CCN(C(=O)c2cc[n+]([O-])cc2)CC1)N(C)C(=O)C1CCC1. The number of likely N-dealkylation sites (tertiary alicyclic amines) is 1. The number of piperidine rings is 1. The molecule has 2 fully saturated rings. The molecule has 1 saturated heterocycles. The molecular formula is C26H33N3O3. The average Bonchev–Trinajstić information content (AvgIpc) is 2.77. The van der Waals surface area contributed by atoms with Gasteiger partial charge in [0.25, 0.3) is 5.91 Å². The van der Waals surface area contributed by atoms with Gasteiger partial charge in [0.15, 0.2) is 12.4 Å². The topological polar surface area (TPSA) is 67.6 Å². The number of amides is 2. The fraction of sp³-hybridized carbons (Fsp3) is 0.500. The second-order valence-corrected chi connectivity index (χ2v) is 9.35. The summed E-state index contributed by atoms with van der Waals surface area (Å²) in [6.45, 7) is 3.48. The van der Waals surface area contributed by atoms with Gasteiger partial charge < -0.3 is 15.0 Å². The zero-order chi connectivity index (χ0) is 22.7. The number of carbonyl (C=O) groups excluding carboxylic acids is 2. The van der Waals surface area contributed by atoms with Crippen LogP contribution in [0.3, 0.4) is 0 Å². The molecule has 2 aromatic rings. The molecule has 1 unspecified atom stereocenters. The van der Waals surface area contributed by atoms with Crippen LogP contribution >= 0.6 is 0 Å². The summed E-state index contributed by atoms with van der Waals surface area (Å²) in [6, 6.07) is 11.7. The summed E-state index contributed by atoms with van der Waals surface area (Å²) < 4.78 is 0.689. The maximum atomic E-state index is 13.1. The molecule has 1 aliphatic heterocycles. The molecule has 1 atom stereocenters. The summed E-state index contributed by atoms with van der Waals surface area (Å²) >= 11 is 0. The lowest BCUT2D eigenvalue weighted by molar-refractivity contribution is -0.605. The van der Waals surface area contributed by atoms with Crippen molar-refractivity contribution in [3.8, 4) is 0 Å². The number of likely N-dealkylation sites (N-methyl/N-ethyl adjacent to an activating group) is 1. The van der Waals surface area contributed by atoms with Gasteiger partial charge in [-0.2, -0.15) is 4.73 Å². The Balaban J connectivity index is 1.46. The Morgan fingerprint density at radius 2 is 1.75 bits per heavy atom. The molecule has 0 spiro atoms. The Kier molecular flexibility index (Phi) is 6.77. The van der Waals surface area contributed by atoms with Gasteiger partial charge in [-0.25, -0.2) is 0 Å². The predicted molar refractivity (Wildman–Crippen MR) is 123 cm³/mol. The Labute approximate surface area is 190 Å². The van der Waals surface area contributed by atoms with Crippen molar-refractivity contribution in [3.05, 3.63) is 70.7 Å². The molecule has 170 valence electrons. The van der Waals surface area contributed by atoms with Crippen LogP contribution in [0, 0.1) is 24.0 Å². The van der Waals surface area contributed by atoms with Crippen molar-refractivity contribution >= 4 is 11.8 Å². The molecule has 2 amide bonds. The number of pyridine rings is 1.